The molecule has 0 atom stereocenters. The molecule has 0 amide bonds. The van der Waals surface area contributed by atoms with E-state index in [1.165, 1.54) is 204 Å². The number of aryl methyl sites for hydroxylation is 4. The molecule has 0 radical (unpaired) electrons. The standard InChI is InChI=1S/C73H72OS6/c1-5-9-12-15-23-50-40-41-75-69(50)63-36-37-65(77-63)71-53(22-8-4)45-67(79-71)51-34-32-48-30-31-49-33-35-52(44-62(49)73(61(48)43-51)59-28-20-18-26-57(59)58-27-19-21-29-60(58)73)68-46-55(25-17-14-11-7-3)72(80-68)66-39-38-64(78-66)70-54(24-16-13-10-6-2)42-56(47-74)76-70/h18-21,26-47H,5-17,22-25H2,1-4H3. The van der Waals surface area contributed by atoms with Crippen LogP contribution in [-0.2, 0) is 31.1 Å². The van der Waals surface area contributed by atoms with E-state index in [1.807, 2.05) is 56.7 Å². The minimum absolute atomic E-state index is 0.557. The smallest absolute Gasteiger partial charge is 0.160 e. The zero-order valence-electron chi connectivity index (χ0n) is 46.9. The van der Waals surface area contributed by atoms with Crippen LogP contribution in [0.3, 0.4) is 0 Å². The lowest BCUT2D eigenvalue weighted by molar-refractivity contribution is 0.112. The Hall–Kier alpha value is -5.51. The third kappa shape index (κ3) is 10.7. The fourth-order valence-electron chi connectivity index (χ4n) is 12.7. The van der Waals surface area contributed by atoms with Gasteiger partial charge in [0.25, 0.3) is 0 Å². The van der Waals surface area contributed by atoms with Gasteiger partial charge in [0, 0.05) is 48.8 Å². The lowest BCUT2D eigenvalue weighted by Crippen LogP contribution is -2.30. The summed E-state index contributed by atoms with van der Waals surface area (Å²) in [7, 11) is 0. The van der Waals surface area contributed by atoms with Gasteiger partial charge in [-0.05, 0) is 189 Å². The van der Waals surface area contributed by atoms with E-state index in [-0.39, 0.29) is 0 Å². The summed E-state index contributed by atoms with van der Waals surface area (Å²) < 4.78 is 0. The Kier molecular flexibility index (Phi) is 17.1. The number of carbonyl (C=O) groups is 1. The van der Waals surface area contributed by atoms with Gasteiger partial charge in [0.1, 0.15) is 0 Å². The number of hydrogen-bond donors (Lipinski definition) is 0. The first-order chi connectivity index (χ1) is 39.4. The normalized spacial score (nSPS) is 12.9. The van der Waals surface area contributed by atoms with Crippen LogP contribution in [0.5, 0.6) is 0 Å². The Balaban J connectivity index is 0.959. The molecule has 1 spiro atoms. The van der Waals surface area contributed by atoms with E-state index in [1.54, 1.807) is 11.3 Å². The first-order valence-electron chi connectivity index (χ1n) is 29.7. The first-order valence-corrected chi connectivity index (χ1v) is 34.7. The second-order valence-electron chi connectivity index (χ2n) is 22.1. The van der Waals surface area contributed by atoms with Crippen molar-refractivity contribution in [2.24, 2.45) is 0 Å². The predicted octanol–water partition coefficient (Wildman–Crippen LogP) is 24.0. The molecule has 0 saturated heterocycles. The molecular weight excluding hydrogens is 1090 g/mol. The van der Waals surface area contributed by atoms with Crippen LogP contribution in [0.15, 0.2) is 139 Å². The summed E-state index contributed by atoms with van der Waals surface area (Å²) in [4.78, 5) is 26.6. The zero-order valence-corrected chi connectivity index (χ0v) is 51.8. The number of aldehydes is 1. The Bertz CT molecular complexity index is 3770. The van der Waals surface area contributed by atoms with Crippen molar-refractivity contribution in [3.05, 3.63) is 199 Å². The van der Waals surface area contributed by atoms with Gasteiger partial charge in [-0.2, -0.15) is 0 Å². The maximum Gasteiger partial charge on any atom is 0.160 e. The molecule has 80 heavy (non-hydrogen) atoms. The summed E-state index contributed by atoms with van der Waals surface area (Å²) in [6, 6.07) is 52.4. The quantitative estimate of drug-likeness (QED) is 0.0435. The van der Waals surface area contributed by atoms with Crippen LogP contribution in [0.4, 0.5) is 0 Å². The number of rotatable bonds is 24. The molecule has 2 aliphatic rings. The Morgan fingerprint density at radius 1 is 0.375 bits per heavy atom. The SMILES string of the molecule is CCCCCCc1ccsc1-c1ccc(-c2sc(-c3ccc4c(c3)C3(c5cc(-c6cc(CCCCCC)c(-c7ccc(-c8sc(C=O)cc8CCCCCC)s7)s6)ccc5C=C4)c4ccccc4-c4ccccc43)cc2CCC)s1. The Morgan fingerprint density at radius 3 is 1.34 bits per heavy atom. The van der Waals surface area contributed by atoms with Crippen molar-refractivity contribution in [3.63, 3.8) is 0 Å². The number of fused-ring (bicyclic) bond motifs is 9. The summed E-state index contributed by atoms with van der Waals surface area (Å²) >= 11 is 11.4. The highest BCUT2D eigenvalue weighted by Gasteiger charge is 2.48. The van der Waals surface area contributed by atoms with Crippen LogP contribution in [0.1, 0.15) is 176 Å². The second-order valence-corrected chi connectivity index (χ2v) is 28.4. The second kappa shape index (κ2) is 24.9. The van der Waals surface area contributed by atoms with Gasteiger partial charge in [-0.15, -0.1) is 68.0 Å². The van der Waals surface area contributed by atoms with Crippen LogP contribution in [-0.4, -0.2) is 6.29 Å². The fraction of sp³-hybridized carbons (Fsp3) is 0.301. The molecule has 10 aromatic rings. The number of unbranched alkanes of at least 4 members (excludes halogenated alkanes) is 9. The van der Waals surface area contributed by atoms with E-state index in [0.717, 1.165) is 43.3 Å². The average Bonchev–Trinajstić information content (AvgIpc) is 4.53. The summed E-state index contributed by atoms with van der Waals surface area (Å²) in [5.41, 5.74) is 18.3. The minimum atomic E-state index is -0.557. The third-order valence-corrected chi connectivity index (χ3v) is 24.1. The van der Waals surface area contributed by atoms with E-state index >= 15 is 0 Å². The molecule has 0 saturated carbocycles. The number of benzene rings is 4. The molecule has 1 nitrogen and oxygen atoms in total. The lowest BCUT2D eigenvalue weighted by Gasteiger charge is -2.36. The van der Waals surface area contributed by atoms with Gasteiger partial charge in [0.05, 0.1) is 10.3 Å². The van der Waals surface area contributed by atoms with Gasteiger partial charge in [0.15, 0.2) is 6.29 Å². The summed E-state index contributed by atoms with van der Waals surface area (Å²) in [6.45, 7) is 9.19. The van der Waals surface area contributed by atoms with Crippen molar-refractivity contribution in [1.82, 2.24) is 0 Å². The van der Waals surface area contributed by atoms with Crippen LogP contribution in [0, 0.1) is 0 Å². The number of carbonyl (C=O) groups excluding carboxylic acids is 1. The first kappa shape index (κ1) is 55.0. The van der Waals surface area contributed by atoms with Crippen LogP contribution >= 0.6 is 68.0 Å². The van der Waals surface area contributed by atoms with E-state index in [9.17, 15) is 4.79 Å². The molecule has 406 valence electrons. The van der Waals surface area contributed by atoms with Crippen molar-refractivity contribution in [2.45, 2.75) is 142 Å². The van der Waals surface area contributed by atoms with E-state index in [2.05, 4.69) is 179 Å². The van der Waals surface area contributed by atoms with E-state index in [0.29, 0.717) is 0 Å². The summed E-state index contributed by atoms with van der Waals surface area (Å²) in [5.74, 6) is 0. The predicted molar refractivity (Wildman–Crippen MR) is 355 cm³/mol. The molecule has 0 unspecified atom stereocenters. The van der Waals surface area contributed by atoms with Gasteiger partial charge in [-0.1, -0.05) is 177 Å². The van der Waals surface area contributed by atoms with Crippen molar-refractivity contribution in [1.29, 1.82) is 0 Å². The number of thiophene rings is 6. The van der Waals surface area contributed by atoms with Gasteiger partial charge in [-0.25, -0.2) is 0 Å². The van der Waals surface area contributed by atoms with Crippen LogP contribution < -0.4 is 0 Å². The molecule has 2 aliphatic carbocycles. The maximum absolute atomic E-state index is 12.1. The third-order valence-electron chi connectivity index (χ3n) is 16.7. The molecule has 4 aromatic carbocycles. The fourth-order valence-corrected chi connectivity index (χ4v) is 19.7. The molecule has 6 heterocycles. The highest BCUT2D eigenvalue weighted by Crippen LogP contribution is 2.60. The van der Waals surface area contributed by atoms with E-state index < -0.39 is 5.41 Å². The van der Waals surface area contributed by atoms with Crippen molar-refractivity contribution < 1.29 is 4.79 Å². The van der Waals surface area contributed by atoms with Crippen molar-refractivity contribution in [2.75, 3.05) is 0 Å². The molecular formula is C73H72OS6. The summed E-state index contributed by atoms with van der Waals surface area (Å²) in [5, 5.41) is 2.30. The molecule has 0 fully saturated rings. The van der Waals surface area contributed by atoms with E-state index in [4.69, 9.17) is 0 Å². The van der Waals surface area contributed by atoms with Gasteiger partial charge >= 0.3 is 0 Å². The van der Waals surface area contributed by atoms with Crippen molar-refractivity contribution >= 4 is 86.5 Å². The molecule has 0 aliphatic heterocycles. The topological polar surface area (TPSA) is 17.1 Å². The Morgan fingerprint density at radius 2 is 0.838 bits per heavy atom. The van der Waals surface area contributed by atoms with Crippen molar-refractivity contribution in [3.8, 4) is 71.0 Å². The zero-order chi connectivity index (χ0) is 54.6. The van der Waals surface area contributed by atoms with Gasteiger partial charge in [-0.3, -0.25) is 4.79 Å². The maximum atomic E-state index is 12.1. The molecule has 12 rings (SSSR count). The molecule has 0 bridgehead atoms. The largest absolute Gasteiger partial charge is 0.297 e. The average molecular weight is 1160 g/mol. The molecule has 7 heteroatoms. The highest BCUT2D eigenvalue weighted by molar-refractivity contribution is 7.28. The lowest BCUT2D eigenvalue weighted by atomic mass is 9.65. The Labute approximate surface area is 499 Å². The van der Waals surface area contributed by atoms with Gasteiger partial charge < -0.3 is 0 Å². The molecule has 0 N–H and O–H groups in total. The summed E-state index contributed by atoms with van der Waals surface area (Å²) in [6.07, 6.45) is 26.2. The highest BCUT2D eigenvalue weighted by atomic mass is 32.1. The van der Waals surface area contributed by atoms with Crippen LogP contribution in [0.25, 0.3) is 83.2 Å². The monoisotopic (exact) mass is 1160 g/mol. The van der Waals surface area contributed by atoms with Gasteiger partial charge in [0.2, 0.25) is 0 Å². The minimum Gasteiger partial charge on any atom is -0.297 e. The van der Waals surface area contributed by atoms with Crippen LogP contribution in [0.2, 0.25) is 0 Å². The molecule has 6 aromatic heterocycles. The number of hydrogen-bond acceptors (Lipinski definition) is 7.